The molecule has 84 valence electrons. The van der Waals surface area contributed by atoms with Crippen molar-refractivity contribution in [3.05, 3.63) is 41.3 Å². The third-order valence-electron chi connectivity index (χ3n) is 2.28. The van der Waals surface area contributed by atoms with Gasteiger partial charge in [0.1, 0.15) is 24.0 Å². The number of aromatic nitrogens is 2. The highest BCUT2D eigenvalue weighted by atomic mass is 35.5. The van der Waals surface area contributed by atoms with Crippen molar-refractivity contribution < 1.29 is 4.74 Å². The smallest absolute Gasteiger partial charge is 0.148 e. The van der Waals surface area contributed by atoms with Crippen LogP contribution >= 0.6 is 11.6 Å². The molecule has 0 saturated carbocycles. The lowest BCUT2D eigenvalue weighted by Gasteiger charge is -2.06. The molecule has 0 bridgehead atoms. The van der Waals surface area contributed by atoms with Gasteiger partial charge in [0.15, 0.2) is 0 Å². The van der Waals surface area contributed by atoms with Gasteiger partial charge in [-0.3, -0.25) is 0 Å². The molecule has 16 heavy (non-hydrogen) atoms. The van der Waals surface area contributed by atoms with Crippen LogP contribution in [0.4, 0.5) is 5.82 Å². The molecule has 0 unspecified atom stereocenters. The zero-order chi connectivity index (χ0) is 11.5. The molecule has 0 saturated heterocycles. The van der Waals surface area contributed by atoms with Gasteiger partial charge in [0, 0.05) is 12.1 Å². The lowest BCUT2D eigenvalue weighted by molar-refractivity contribution is 0.292. The first-order valence-electron chi connectivity index (χ1n) is 4.81. The second-order valence-corrected chi connectivity index (χ2v) is 3.84. The molecule has 2 rings (SSSR count). The Morgan fingerprint density at radius 1 is 1.50 bits per heavy atom. The minimum atomic E-state index is 0.369. The van der Waals surface area contributed by atoms with Gasteiger partial charge >= 0.3 is 0 Å². The lowest BCUT2D eigenvalue weighted by Crippen LogP contribution is -2.05. The molecule has 0 radical (unpaired) electrons. The molecular weight excluding hydrogens is 226 g/mol. The number of nitrogens with two attached hydrogens (primary N) is 1. The highest BCUT2D eigenvalue weighted by molar-refractivity contribution is 6.30. The molecule has 2 N–H and O–H groups in total. The summed E-state index contributed by atoms with van der Waals surface area (Å²) in [5.41, 5.74) is 5.66. The summed E-state index contributed by atoms with van der Waals surface area (Å²) in [5.74, 6) is 2.11. The SMILES string of the molecule is Cn1c(N)cnc1COc1cccc(Cl)c1. The van der Waals surface area contributed by atoms with Crippen molar-refractivity contribution >= 4 is 17.4 Å². The summed E-state index contributed by atoms with van der Waals surface area (Å²) >= 11 is 5.84. The molecule has 0 spiro atoms. The van der Waals surface area contributed by atoms with E-state index in [0.717, 1.165) is 5.82 Å². The number of hydrogen-bond donors (Lipinski definition) is 1. The van der Waals surface area contributed by atoms with Gasteiger partial charge in [-0.2, -0.15) is 0 Å². The van der Waals surface area contributed by atoms with E-state index in [2.05, 4.69) is 4.98 Å². The maximum atomic E-state index is 5.84. The molecule has 4 nitrogen and oxygen atoms in total. The van der Waals surface area contributed by atoms with E-state index in [-0.39, 0.29) is 0 Å². The fourth-order valence-corrected chi connectivity index (χ4v) is 1.48. The molecule has 0 fully saturated rings. The Morgan fingerprint density at radius 2 is 2.31 bits per heavy atom. The van der Waals surface area contributed by atoms with Crippen molar-refractivity contribution in [2.75, 3.05) is 5.73 Å². The van der Waals surface area contributed by atoms with Gasteiger partial charge in [-0.25, -0.2) is 4.98 Å². The highest BCUT2D eigenvalue weighted by Crippen LogP contribution is 2.18. The predicted molar refractivity (Wildman–Crippen MR) is 63.4 cm³/mol. The summed E-state index contributed by atoms with van der Waals surface area (Å²) in [4.78, 5) is 4.13. The number of nitrogen functional groups attached to an aromatic ring is 1. The molecule has 2 aromatic rings. The Bertz CT molecular complexity index is 496. The minimum Gasteiger partial charge on any atom is -0.486 e. The van der Waals surface area contributed by atoms with E-state index < -0.39 is 0 Å². The van der Waals surface area contributed by atoms with Gasteiger partial charge in [-0.05, 0) is 18.2 Å². The van der Waals surface area contributed by atoms with E-state index in [1.165, 1.54) is 0 Å². The van der Waals surface area contributed by atoms with E-state index in [9.17, 15) is 0 Å². The average molecular weight is 238 g/mol. The third kappa shape index (κ3) is 2.28. The first-order valence-corrected chi connectivity index (χ1v) is 5.19. The van der Waals surface area contributed by atoms with Crippen molar-refractivity contribution in [1.82, 2.24) is 9.55 Å². The maximum Gasteiger partial charge on any atom is 0.148 e. The molecule has 1 aromatic carbocycles. The number of halogens is 1. The van der Waals surface area contributed by atoms with Gasteiger partial charge in [0.2, 0.25) is 0 Å². The van der Waals surface area contributed by atoms with E-state index in [1.807, 2.05) is 19.2 Å². The fraction of sp³-hybridized carbons (Fsp3) is 0.182. The van der Waals surface area contributed by atoms with Gasteiger partial charge in [0.05, 0.1) is 6.20 Å². The molecule has 0 aliphatic carbocycles. The molecular formula is C11H12ClN3O. The number of benzene rings is 1. The first kappa shape index (κ1) is 10.8. The van der Waals surface area contributed by atoms with Crippen LogP contribution in [0.2, 0.25) is 5.02 Å². The van der Waals surface area contributed by atoms with Crippen LogP contribution in [0.15, 0.2) is 30.5 Å². The van der Waals surface area contributed by atoms with Gasteiger partial charge < -0.3 is 15.0 Å². The molecule has 0 aliphatic rings. The summed E-state index contributed by atoms with van der Waals surface area (Å²) in [6, 6.07) is 7.24. The number of hydrogen-bond acceptors (Lipinski definition) is 3. The first-order chi connectivity index (χ1) is 7.66. The van der Waals surface area contributed by atoms with Crippen molar-refractivity contribution in [1.29, 1.82) is 0 Å². The maximum absolute atomic E-state index is 5.84. The largest absolute Gasteiger partial charge is 0.486 e. The topological polar surface area (TPSA) is 53.1 Å². The fourth-order valence-electron chi connectivity index (χ4n) is 1.30. The van der Waals surface area contributed by atoms with Gasteiger partial charge in [0.25, 0.3) is 0 Å². The lowest BCUT2D eigenvalue weighted by atomic mass is 10.3. The molecule has 1 aromatic heterocycles. The Kier molecular flexibility index (Phi) is 3.01. The van der Waals surface area contributed by atoms with Crippen molar-refractivity contribution in [3.8, 4) is 5.75 Å². The third-order valence-corrected chi connectivity index (χ3v) is 2.52. The molecule has 0 aliphatic heterocycles. The number of nitrogens with zero attached hydrogens (tertiary/aromatic N) is 2. The van der Waals surface area contributed by atoms with E-state index in [4.69, 9.17) is 22.1 Å². The van der Waals surface area contributed by atoms with Crippen LogP contribution < -0.4 is 10.5 Å². The number of ether oxygens (including phenoxy) is 1. The zero-order valence-electron chi connectivity index (χ0n) is 8.85. The average Bonchev–Trinajstić information content (AvgIpc) is 2.57. The van der Waals surface area contributed by atoms with E-state index in [0.29, 0.717) is 23.2 Å². The van der Waals surface area contributed by atoms with Crippen LogP contribution in [0, 0.1) is 0 Å². The van der Waals surface area contributed by atoms with Gasteiger partial charge in [-0.15, -0.1) is 0 Å². The summed E-state index contributed by atoms with van der Waals surface area (Å²) in [7, 11) is 1.85. The highest BCUT2D eigenvalue weighted by Gasteiger charge is 2.04. The summed E-state index contributed by atoms with van der Waals surface area (Å²) < 4.78 is 7.33. The molecule has 1 heterocycles. The van der Waals surface area contributed by atoms with Crippen molar-refractivity contribution in [3.63, 3.8) is 0 Å². The second kappa shape index (κ2) is 4.45. The summed E-state index contributed by atoms with van der Waals surface area (Å²) in [6.07, 6.45) is 1.61. The van der Waals surface area contributed by atoms with Crippen LogP contribution in [-0.4, -0.2) is 9.55 Å². The monoisotopic (exact) mass is 237 g/mol. The van der Waals surface area contributed by atoms with Crippen LogP contribution in [0.3, 0.4) is 0 Å². The summed E-state index contributed by atoms with van der Waals surface area (Å²) in [6.45, 7) is 0.369. The Labute approximate surface area is 98.6 Å². The molecule has 0 atom stereocenters. The normalized spacial score (nSPS) is 10.4. The predicted octanol–water partition coefficient (Wildman–Crippen LogP) is 2.23. The van der Waals surface area contributed by atoms with Crippen molar-refractivity contribution in [2.45, 2.75) is 6.61 Å². The zero-order valence-corrected chi connectivity index (χ0v) is 9.61. The van der Waals surface area contributed by atoms with E-state index in [1.54, 1.807) is 22.9 Å². The van der Waals surface area contributed by atoms with Crippen LogP contribution in [0.25, 0.3) is 0 Å². The Morgan fingerprint density at radius 3 is 2.94 bits per heavy atom. The number of anilines is 1. The van der Waals surface area contributed by atoms with Crippen molar-refractivity contribution in [2.24, 2.45) is 7.05 Å². The Balaban J connectivity index is 2.05. The van der Waals surface area contributed by atoms with Crippen LogP contribution in [0.1, 0.15) is 5.82 Å². The molecule has 5 heteroatoms. The quantitative estimate of drug-likeness (QED) is 0.891. The number of rotatable bonds is 3. The Hall–Kier alpha value is -1.68. The van der Waals surface area contributed by atoms with E-state index >= 15 is 0 Å². The van der Waals surface area contributed by atoms with Gasteiger partial charge in [-0.1, -0.05) is 17.7 Å². The minimum absolute atomic E-state index is 0.369. The molecule has 0 amide bonds. The second-order valence-electron chi connectivity index (χ2n) is 3.40. The number of imidazole rings is 1. The summed E-state index contributed by atoms with van der Waals surface area (Å²) in [5, 5.41) is 0.650. The van der Waals surface area contributed by atoms with Crippen LogP contribution in [0.5, 0.6) is 5.75 Å². The standard InChI is InChI=1S/C11H12ClN3O/c1-15-10(13)6-14-11(15)7-16-9-4-2-3-8(12)5-9/h2-6H,7,13H2,1H3. The van der Waals surface area contributed by atoms with Crippen LogP contribution in [-0.2, 0) is 13.7 Å².